The second-order valence-corrected chi connectivity index (χ2v) is 3.98. The summed E-state index contributed by atoms with van der Waals surface area (Å²) in [5.74, 6) is 0.749. The van der Waals surface area contributed by atoms with Crippen molar-refractivity contribution in [3.8, 4) is 0 Å². The summed E-state index contributed by atoms with van der Waals surface area (Å²) in [6.07, 6.45) is 6.30. The lowest BCUT2D eigenvalue weighted by atomic mass is 10.2. The molecule has 0 aliphatic carbocycles. The molecule has 2 aromatic rings. The highest BCUT2D eigenvalue weighted by Crippen LogP contribution is 2.17. The Morgan fingerprint density at radius 3 is 2.72 bits per heavy atom. The largest absolute Gasteiger partial charge is 0.303 e. The van der Waals surface area contributed by atoms with Crippen molar-refractivity contribution in [3.05, 3.63) is 36.2 Å². The fourth-order valence-electron chi connectivity index (χ4n) is 1.87. The number of rotatable bonds is 6. The van der Waals surface area contributed by atoms with Gasteiger partial charge in [-0.15, -0.1) is 5.10 Å². The predicted molar refractivity (Wildman–Crippen MR) is 67.9 cm³/mol. The van der Waals surface area contributed by atoms with Crippen LogP contribution in [0.1, 0.15) is 37.8 Å². The van der Waals surface area contributed by atoms with E-state index in [0.29, 0.717) is 0 Å². The number of aryl methyl sites for hydroxylation is 1. The maximum Gasteiger partial charge on any atom is 0.151 e. The Labute approximate surface area is 106 Å². The van der Waals surface area contributed by atoms with Crippen molar-refractivity contribution in [3.63, 3.8) is 0 Å². The highest BCUT2D eigenvalue weighted by Gasteiger charge is 2.20. The van der Waals surface area contributed by atoms with Crippen LogP contribution >= 0.6 is 0 Å². The molecule has 1 atom stereocenters. The highest BCUT2D eigenvalue weighted by molar-refractivity contribution is 5.14. The van der Waals surface area contributed by atoms with Gasteiger partial charge in [-0.2, -0.15) is 0 Å². The molecule has 0 bridgehead atoms. The van der Waals surface area contributed by atoms with Crippen LogP contribution in [0.4, 0.5) is 0 Å². The topological polar surface area (TPSA) is 68.5 Å². The Bertz CT molecular complexity index is 466. The standard InChI is InChI=1S/C12H18N6/c1-3-8-18-10(9-16-17-18)11(13-4-2)12-14-6-5-7-15-12/h5-7,9,11,13H,3-4,8H2,1-2H3. The van der Waals surface area contributed by atoms with Crippen LogP contribution in [0.15, 0.2) is 24.7 Å². The summed E-state index contributed by atoms with van der Waals surface area (Å²) in [6.45, 7) is 5.86. The number of nitrogens with one attached hydrogen (secondary N) is 1. The van der Waals surface area contributed by atoms with Gasteiger partial charge in [0.15, 0.2) is 5.82 Å². The summed E-state index contributed by atoms with van der Waals surface area (Å²) in [5, 5.41) is 11.5. The molecule has 0 aliphatic rings. The van der Waals surface area contributed by atoms with Gasteiger partial charge in [0.2, 0.25) is 0 Å². The molecule has 1 unspecified atom stereocenters. The Morgan fingerprint density at radius 2 is 2.06 bits per heavy atom. The van der Waals surface area contributed by atoms with E-state index in [1.165, 1.54) is 0 Å². The minimum absolute atomic E-state index is 0.0576. The van der Waals surface area contributed by atoms with Crippen molar-refractivity contribution < 1.29 is 0 Å². The van der Waals surface area contributed by atoms with Crippen molar-refractivity contribution in [1.29, 1.82) is 0 Å². The van der Waals surface area contributed by atoms with Crippen molar-refractivity contribution >= 4 is 0 Å². The summed E-state index contributed by atoms with van der Waals surface area (Å²) in [4.78, 5) is 8.62. The second-order valence-electron chi connectivity index (χ2n) is 3.98. The molecule has 18 heavy (non-hydrogen) atoms. The van der Waals surface area contributed by atoms with Crippen LogP contribution in [0.5, 0.6) is 0 Å². The van der Waals surface area contributed by atoms with Crippen LogP contribution in [-0.4, -0.2) is 31.5 Å². The van der Waals surface area contributed by atoms with E-state index in [1.807, 2.05) is 10.7 Å². The third-order valence-corrected chi connectivity index (χ3v) is 2.63. The van der Waals surface area contributed by atoms with E-state index in [2.05, 4.69) is 39.4 Å². The molecule has 0 aromatic carbocycles. The van der Waals surface area contributed by atoms with Crippen LogP contribution in [-0.2, 0) is 6.54 Å². The number of aromatic nitrogens is 5. The first kappa shape index (κ1) is 12.6. The number of hydrogen-bond acceptors (Lipinski definition) is 5. The van der Waals surface area contributed by atoms with Crippen molar-refractivity contribution in [2.75, 3.05) is 6.54 Å². The molecule has 2 rings (SSSR count). The van der Waals surface area contributed by atoms with Gasteiger partial charge in [0.1, 0.15) is 6.04 Å². The molecule has 2 heterocycles. The molecule has 1 N–H and O–H groups in total. The van der Waals surface area contributed by atoms with Gasteiger partial charge in [-0.05, 0) is 19.0 Å². The molecule has 0 amide bonds. The van der Waals surface area contributed by atoms with E-state index < -0.39 is 0 Å². The summed E-state index contributed by atoms with van der Waals surface area (Å²) in [7, 11) is 0. The van der Waals surface area contributed by atoms with E-state index in [4.69, 9.17) is 0 Å². The zero-order valence-corrected chi connectivity index (χ0v) is 10.7. The fraction of sp³-hybridized carbons (Fsp3) is 0.500. The molecule has 2 aromatic heterocycles. The number of nitrogens with zero attached hydrogens (tertiary/aromatic N) is 5. The fourth-order valence-corrected chi connectivity index (χ4v) is 1.87. The van der Waals surface area contributed by atoms with E-state index in [-0.39, 0.29) is 6.04 Å². The average molecular weight is 246 g/mol. The van der Waals surface area contributed by atoms with Gasteiger partial charge in [-0.25, -0.2) is 14.6 Å². The SMILES string of the molecule is CCCn1nncc1C(NCC)c1ncccn1. The molecular formula is C12H18N6. The first-order valence-electron chi connectivity index (χ1n) is 6.25. The summed E-state index contributed by atoms with van der Waals surface area (Å²) >= 11 is 0. The molecule has 6 heteroatoms. The molecular weight excluding hydrogens is 228 g/mol. The zero-order chi connectivity index (χ0) is 12.8. The van der Waals surface area contributed by atoms with Crippen LogP contribution in [0.3, 0.4) is 0 Å². The third kappa shape index (κ3) is 2.70. The van der Waals surface area contributed by atoms with E-state index in [0.717, 1.165) is 31.0 Å². The smallest absolute Gasteiger partial charge is 0.151 e. The van der Waals surface area contributed by atoms with Crippen LogP contribution in [0.25, 0.3) is 0 Å². The Balaban J connectivity index is 2.32. The molecule has 0 saturated heterocycles. The Morgan fingerprint density at radius 1 is 1.28 bits per heavy atom. The van der Waals surface area contributed by atoms with E-state index >= 15 is 0 Å². The van der Waals surface area contributed by atoms with Crippen molar-refractivity contribution in [1.82, 2.24) is 30.3 Å². The molecule has 6 nitrogen and oxygen atoms in total. The normalized spacial score (nSPS) is 12.6. The van der Waals surface area contributed by atoms with Crippen LogP contribution in [0.2, 0.25) is 0 Å². The Kier molecular flexibility index (Phi) is 4.35. The monoisotopic (exact) mass is 246 g/mol. The van der Waals surface area contributed by atoms with Gasteiger partial charge >= 0.3 is 0 Å². The van der Waals surface area contributed by atoms with Crippen LogP contribution < -0.4 is 5.32 Å². The summed E-state index contributed by atoms with van der Waals surface area (Å²) < 4.78 is 1.91. The second kappa shape index (κ2) is 6.20. The quantitative estimate of drug-likeness (QED) is 0.828. The minimum atomic E-state index is -0.0576. The van der Waals surface area contributed by atoms with Gasteiger partial charge in [0, 0.05) is 18.9 Å². The molecule has 0 spiro atoms. The Hall–Kier alpha value is -1.82. The lowest BCUT2D eigenvalue weighted by Gasteiger charge is -2.16. The molecule has 0 fully saturated rings. The van der Waals surface area contributed by atoms with Crippen molar-refractivity contribution in [2.24, 2.45) is 0 Å². The molecule has 0 aliphatic heterocycles. The summed E-state index contributed by atoms with van der Waals surface area (Å²) in [6, 6.07) is 1.76. The molecule has 0 radical (unpaired) electrons. The van der Waals surface area contributed by atoms with Crippen LogP contribution in [0, 0.1) is 0 Å². The molecule has 96 valence electrons. The maximum atomic E-state index is 4.31. The highest BCUT2D eigenvalue weighted by atomic mass is 15.4. The van der Waals surface area contributed by atoms with Gasteiger partial charge in [0.25, 0.3) is 0 Å². The summed E-state index contributed by atoms with van der Waals surface area (Å²) in [5.41, 5.74) is 1.00. The van der Waals surface area contributed by atoms with Gasteiger partial charge in [-0.3, -0.25) is 0 Å². The zero-order valence-electron chi connectivity index (χ0n) is 10.7. The maximum absolute atomic E-state index is 4.31. The van der Waals surface area contributed by atoms with Crippen molar-refractivity contribution in [2.45, 2.75) is 32.9 Å². The molecule has 0 saturated carbocycles. The van der Waals surface area contributed by atoms with Gasteiger partial charge in [0.05, 0.1) is 11.9 Å². The first-order chi connectivity index (χ1) is 8.86. The lowest BCUT2D eigenvalue weighted by molar-refractivity contribution is 0.500. The van der Waals surface area contributed by atoms with Gasteiger partial charge in [-0.1, -0.05) is 19.1 Å². The van der Waals surface area contributed by atoms with E-state index in [1.54, 1.807) is 18.6 Å². The number of hydrogen-bond donors (Lipinski definition) is 1. The lowest BCUT2D eigenvalue weighted by Crippen LogP contribution is -2.26. The first-order valence-corrected chi connectivity index (χ1v) is 6.25. The van der Waals surface area contributed by atoms with E-state index in [9.17, 15) is 0 Å². The minimum Gasteiger partial charge on any atom is -0.303 e. The third-order valence-electron chi connectivity index (χ3n) is 2.63. The van der Waals surface area contributed by atoms with Gasteiger partial charge < -0.3 is 5.32 Å². The predicted octanol–water partition coefficient (Wildman–Crippen LogP) is 1.18. The average Bonchev–Trinajstić information content (AvgIpc) is 2.85.